The molecule has 0 saturated heterocycles. The summed E-state index contributed by atoms with van der Waals surface area (Å²) in [7, 11) is 0. The largest absolute Gasteiger partial charge is 0.381 e. The molecule has 2 heterocycles. The van der Waals surface area contributed by atoms with Crippen LogP contribution in [0.2, 0.25) is 0 Å². The Morgan fingerprint density at radius 3 is 3.05 bits per heavy atom. The van der Waals surface area contributed by atoms with E-state index >= 15 is 0 Å². The van der Waals surface area contributed by atoms with Crippen molar-refractivity contribution in [3.63, 3.8) is 0 Å². The molecule has 2 aromatic heterocycles. The highest BCUT2D eigenvalue weighted by Gasteiger charge is 2.00. The summed E-state index contributed by atoms with van der Waals surface area (Å²) >= 11 is 0. The lowest BCUT2D eigenvalue weighted by Crippen LogP contribution is -2.00. The Kier molecular flexibility index (Phi) is 4.00. The predicted molar refractivity (Wildman–Crippen MR) is 83.4 cm³/mol. The number of aryl methyl sites for hydroxylation is 1. The van der Waals surface area contributed by atoms with E-state index in [1.807, 2.05) is 27.7 Å². The molecule has 0 amide bonds. The van der Waals surface area contributed by atoms with Gasteiger partial charge in [0.1, 0.15) is 0 Å². The molecule has 5 nitrogen and oxygen atoms in total. The molecule has 0 aliphatic heterocycles. The highest BCUT2D eigenvalue weighted by atomic mass is 15.3. The highest BCUT2D eigenvalue weighted by Crippen LogP contribution is 2.15. The molecule has 3 rings (SSSR count). The maximum Gasteiger partial charge on any atom is 0.0991 e. The Morgan fingerprint density at radius 2 is 2.24 bits per heavy atom. The number of imidazole rings is 1. The predicted octanol–water partition coefficient (Wildman–Crippen LogP) is 3.09. The molecule has 0 aliphatic rings. The molecule has 0 saturated carbocycles. The summed E-state index contributed by atoms with van der Waals surface area (Å²) < 4.78 is 3.98. The van der Waals surface area contributed by atoms with Crippen LogP contribution in [0.5, 0.6) is 0 Å². The van der Waals surface area contributed by atoms with E-state index in [0.717, 1.165) is 30.9 Å². The molecular formula is C16H19N5. The standard InChI is InChI=1S/C16H19N5/c1-2-7-21-12-14(11-19-21)10-18-15-4-3-5-16(9-15)20-8-6-17-13-20/h3-6,8-9,11-13,18H,2,7,10H2,1H3. The van der Waals surface area contributed by atoms with Crippen LogP contribution in [0, 0.1) is 0 Å². The minimum Gasteiger partial charge on any atom is -0.381 e. The third kappa shape index (κ3) is 3.31. The van der Waals surface area contributed by atoms with Crippen molar-refractivity contribution in [1.82, 2.24) is 19.3 Å². The third-order valence-electron chi connectivity index (χ3n) is 3.28. The molecule has 0 aliphatic carbocycles. The van der Waals surface area contributed by atoms with Gasteiger partial charge in [0.2, 0.25) is 0 Å². The second-order valence-electron chi connectivity index (χ2n) is 4.99. The van der Waals surface area contributed by atoms with Crippen LogP contribution in [-0.4, -0.2) is 19.3 Å². The second-order valence-corrected chi connectivity index (χ2v) is 4.99. The SMILES string of the molecule is CCCn1cc(CNc2cccc(-n3ccnc3)c2)cn1. The molecule has 0 atom stereocenters. The smallest absolute Gasteiger partial charge is 0.0991 e. The quantitative estimate of drug-likeness (QED) is 0.755. The van der Waals surface area contributed by atoms with Gasteiger partial charge in [-0.2, -0.15) is 5.10 Å². The number of hydrogen-bond acceptors (Lipinski definition) is 3. The Bertz CT molecular complexity index is 684. The average Bonchev–Trinajstić information content (AvgIpc) is 3.18. The van der Waals surface area contributed by atoms with Crippen LogP contribution in [-0.2, 0) is 13.1 Å². The van der Waals surface area contributed by atoms with Gasteiger partial charge < -0.3 is 9.88 Å². The molecule has 0 bridgehead atoms. The Morgan fingerprint density at radius 1 is 1.29 bits per heavy atom. The van der Waals surface area contributed by atoms with Gasteiger partial charge in [-0.25, -0.2) is 4.98 Å². The van der Waals surface area contributed by atoms with Crippen molar-refractivity contribution < 1.29 is 0 Å². The van der Waals surface area contributed by atoms with Crippen LogP contribution < -0.4 is 5.32 Å². The van der Waals surface area contributed by atoms with Crippen molar-refractivity contribution >= 4 is 5.69 Å². The molecule has 1 N–H and O–H groups in total. The second kappa shape index (κ2) is 6.26. The molecule has 0 radical (unpaired) electrons. The summed E-state index contributed by atoms with van der Waals surface area (Å²) in [5.41, 5.74) is 3.38. The van der Waals surface area contributed by atoms with Crippen molar-refractivity contribution in [2.24, 2.45) is 0 Å². The van der Waals surface area contributed by atoms with Crippen LogP contribution >= 0.6 is 0 Å². The van der Waals surface area contributed by atoms with Crippen LogP contribution in [0.4, 0.5) is 5.69 Å². The number of rotatable bonds is 6. The Balaban J connectivity index is 1.66. The van der Waals surface area contributed by atoms with Gasteiger partial charge in [-0.05, 0) is 24.6 Å². The van der Waals surface area contributed by atoms with Gasteiger partial charge in [0.05, 0.1) is 12.5 Å². The van der Waals surface area contributed by atoms with E-state index in [4.69, 9.17) is 0 Å². The number of hydrogen-bond donors (Lipinski definition) is 1. The first kappa shape index (κ1) is 13.4. The monoisotopic (exact) mass is 281 g/mol. The maximum absolute atomic E-state index is 4.34. The minimum atomic E-state index is 0.775. The topological polar surface area (TPSA) is 47.7 Å². The van der Waals surface area contributed by atoms with Crippen LogP contribution in [0.1, 0.15) is 18.9 Å². The minimum absolute atomic E-state index is 0.775. The fourth-order valence-corrected chi connectivity index (χ4v) is 2.24. The summed E-state index contributed by atoms with van der Waals surface area (Å²) in [6.07, 6.45) is 10.6. The van der Waals surface area contributed by atoms with E-state index < -0.39 is 0 Å². The molecule has 5 heteroatoms. The number of nitrogens with one attached hydrogen (secondary N) is 1. The molecule has 108 valence electrons. The first-order chi connectivity index (χ1) is 10.3. The normalized spacial score (nSPS) is 10.7. The van der Waals surface area contributed by atoms with E-state index in [9.17, 15) is 0 Å². The van der Waals surface area contributed by atoms with Gasteiger partial charge in [0, 0.05) is 48.6 Å². The van der Waals surface area contributed by atoms with Gasteiger partial charge in [0.25, 0.3) is 0 Å². The van der Waals surface area contributed by atoms with E-state index in [1.165, 1.54) is 5.56 Å². The molecular weight excluding hydrogens is 262 g/mol. The first-order valence-corrected chi connectivity index (χ1v) is 7.19. The van der Waals surface area contributed by atoms with Crippen LogP contribution in [0.15, 0.2) is 55.4 Å². The number of nitrogens with zero attached hydrogens (tertiary/aromatic N) is 4. The van der Waals surface area contributed by atoms with Gasteiger partial charge in [-0.3, -0.25) is 4.68 Å². The zero-order valence-electron chi connectivity index (χ0n) is 12.1. The van der Waals surface area contributed by atoms with Crippen LogP contribution in [0.3, 0.4) is 0 Å². The zero-order chi connectivity index (χ0) is 14.5. The van der Waals surface area contributed by atoms with Gasteiger partial charge >= 0.3 is 0 Å². The fraction of sp³-hybridized carbons (Fsp3) is 0.250. The lowest BCUT2D eigenvalue weighted by molar-refractivity contribution is 0.602. The van der Waals surface area contributed by atoms with Gasteiger partial charge in [0.15, 0.2) is 0 Å². The number of benzene rings is 1. The van der Waals surface area contributed by atoms with Crippen molar-refractivity contribution in [1.29, 1.82) is 0 Å². The molecule has 3 aromatic rings. The highest BCUT2D eigenvalue weighted by molar-refractivity contribution is 5.51. The van der Waals surface area contributed by atoms with E-state index in [2.05, 4.69) is 46.7 Å². The number of aromatic nitrogens is 4. The molecule has 1 aromatic carbocycles. The molecule has 21 heavy (non-hydrogen) atoms. The maximum atomic E-state index is 4.34. The van der Waals surface area contributed by atoms with Gasteiger partial charge in [-0.1, -0.05) is 13.0 Å². The summed E-state index contributed by atoms with van der Waals surface area (Å²) in [6.45, 7) is 3.90. The summed E-state index contributed by atoms with van der Waals surface area (Å²) in [4.78, 5) is 4.07. The van der Waals surface area contributed by atoms with Gasteiger partial charge in [-0.15, -0.1) is 0 Å². The van der Waals surface area contributed by atoms with E-state index in [1.54, 1.807) is 12.5 Å². The van der Waals surface area contributed by atoms with Crippen molar-refractivity contribution in [3.8, 4) is 5.69 Å². The third-order valence-corrected chi connectivity index (χ3v) is 3.28. The lowest BCUT2D eigenvalue weighted by Gasteiger charge is -2.08. The lowest BCUT2D eigenvalue weighted by atomic mass is 10.2. The molecule has 0 unspecified atom stereocenters. The van der Waals surface area contributed by atoms with Crippen LogP contribution in [0.25, 0.3) is 5.69 Å². The van der Waals surface area contributed by atoms with Crippen molar-refractivity contribution in [2.75, 3.05) is 5.32 Å². The van der Waals surface area contributed by atoms with E-state index in [-0.39, 0.29) is 0 Å². The summed E-state index contributed by atoms with van der Waals surface area (Å²) in [6, 6.07) is 8.28. The molecule has 0 spiro atoms. The average molecular weight is 281 g/mol. The summed E-state index contributed by atoms with van der Waals surface area (Å²) in [5.74, 6) is 0. The summed E-state index contributed by atoms with van der Waals surface area (Å²) in [5, 5.41) is 7.77. The Labute approximate surface area is 124 Å². The Hall–Kier alpha value is -2.56. The van der Waals surface area contributed by atoms with E-state index in [0.29, 0.717) is 0 Å². The van der Waals surface area contributed by atoms with Crippen molar-refractivity contribution in [2.45, 2.75) is 26.4 Å². The van der Waals surface area contributed by atoms with Crippen molar-refractivity contribution in [3.05, 3.63) is 60.9 Å². The fourth-order valence-electron chi connectivity index (χ4n) is 2.24. The molecule has 0 fully saturated rings. The number of anilines is 1. The first-order valence-electron chi connectivity index (χ1n) is 7.19. The zero-order valence-corrected chi connectivity index (χ0v) is 12.1.